The van der Waals surface area contributed by atoms with E-state index in [-0.39, 0.29) is 5.71 Å². The zero-order chi connectivity index (χ0) is 15.6. The number of halogens is 3. The maximum Gasteiger partial charge on any atom is 0.400 e. The van der Waals surface area contributed by atoms with Crippen molar-refractivity contribution < 1.29 is 27.4 Å². The Kier molecular flexibility index (Phi) is 4.06. The van der Waals surface area contributed by atoms with E-state index in [0.717, 1.165) is 0 Å². The molecule has 1 unspecified atom stereocenters. The lowest BCUT2D eigenvalue weighted by molar-refractivity contribution is -0.182. The molecule has 1 aromatic rings. The smallest absolute Gasteiger partial charge is 0.400 e. The molecule has 21 heavy (non-hydrogen) atoms. The van der Waals surface area contributed by atoms with Gasteiger partial charge in [0.25, 0.3) is 5.91 Å². The van der Waals surface area contributed by atoms with Crippen LogP contribution in [0.2, 0.25) is 0 Å². The first-order valence-corrected chi connectivity index (χ1v) is 6.02. The highest BCUT2D eigenvalue weighted by molar-refractivity contribution is 6.05. The largest absolute Gasteiger partial charge is 0.493 e. The SMILES string of the molecule is COc1ccc(C2=NNC(=O)C(C(F)(F)F)C2)cc1OC. The highest BCUT2D eigenvalue weighted by Gasteiger charge is 2.47. The standard InChI is InChI=1S/C13H13F3N2O3/c1-20-10-4-3-7(5-11(10)21-2)9-6-8(13(14,15)16)12(19)18-17-9/h3-5,8H,6H2,1-2H3,(H,18,19). The Hall–Kier alpha value is -2.25. The van der Waals surface area contributed by atoms with Crippen molar-refractivity contribution in [3.63, 3.8) is 0 Å². The van der Waals surface area contributed by atoms with Gasteiger partial charge >= 0.3 is 6.18 Å². The molecule has 1 N–H and O–H groups in total. The van der Waals surface area contributed by atoms with Crippen molar-refractivity contribution in [2.75, 3.05) is 14.2 Å². The van der Waals surface area contributed by atoms with Crippen molar-refractivity contribution in [2.24, 2.45) is 11.0 Å². The monoisotopic (exact) mass is 302 g/mol. The minimum absolute atomic E-state index is 0.137. The van der Waals surface area contributed by atoms with Crippen LogP contribution in [0.3, 0.4) is 0 Å². The van der Waals surface area contributed by atoms with E-state index in [2.05, 4.69) is 5.10 Å². The summed E-state index contributed by atoms with van der Waals surface area (Å²) in [5, 5.41) is 3.70. The topological polar surface area (TPSA) is 59.9 Å². The Morgan fingerprint density at radius 1 is 1.24 bits per heavy atom. The summed E-state index contributed by atoms with van der Waals surface area (Å²) >= 11 is 0. The van der Waals surface area contributed by atoms with Crippen LogP contribution in [-0.4, -0.2) is 32.0 Å². The molecule has 8 heteroatoms. The highest BCUT2D eigenvalue weighted by atomic mass is 19.4. The van der Waals surface area contributed by atoms with Crippen LogP contribution >= 0.6 is 0 Å². The van der Waals surface area contributed by atoms with E-state index in [1.807, 2.05) is 5.43 Å². The minimum atomic E-state index is -4.61. The third kappa shape index (κ3) is 3.09. The number of methoxy groups -OCH3 is 2. The number of carbonyl (C=O) groups excluding carboxylic acids is 1. The lowest BCUT2D eigenvalue weighted by Gasteiger charge is -2.23. The average molecular weight is 302 g/mol. The van der Waals surface area contributed by atoms with Gasteiger partial charge in [0.05, 0.1) is 19.9 Å². The van der Waals surface area contributed by atoms with Gasteiger partial charge in [0, 0.05) is 12.0 Å². The molecule has 0 aliphatic carbocycles. The predicted octanol–water partition coefficient (Wildman–Crippen LogP) is 2.11. The Morgan fingerprint density at radius 3 is 2.48 bits per heavy atom. The normalized spacial score (nSPS) is 18.8. The van der Waals surface area contributed by atoms with E-state index >= 15 is 0 Å². The zero-order valence-corrected chi connectivity index (χ0v) is 11.3. The summed E-state index contributed by atoms with van der Waals surface area (Å²) in [7, 11) is 2.88. The van der Waals surface area contributed by atoms with Crippen LogP contribution in [0.4, 0.5) is 13.2 Å². The maximum absolute atomic E-state index is 12.8. The summed E-state index contributed by atoms with van der Waals surface area (Å²) in [6, 6.07) is 4.64. The number of nitrogens with one attached hydrogen (secondary N) is 1. The molecule has 2 rings (SSSR count). The summed E-state index contributed by atoms with van der Waals surface area (Å²) in [5.41, 5.74) is 2.48. The zero-order valence-electron chi connectivity index (χ0n) is 11.3. The average Bonchev–Trinajstić information content (AvgIpc) is 2.45. The van der Waals surface area contributed by atoms with Crippen LogP contribution in [0.1, 0.15) is 12.0 Å². The summed E-state index contributed by atoms with van der Waals surface area (Å²) in [6.45, 7) is 0. The van der Waals surface area contributed by atoms with Gasteiger partial charge < -0.3 is 9.47 Å². The fraction of sp³-hybridized carbons (Fsp3) is 0.385. The molecule has 1 heterocycles. The molecular weight excluding hydrogens is 289 g/mol. The molecule has 0 aromatic heterocycles. The third-order valence-electron chi connectivity index (χ3n) is 3.13. The van der Waals surface area contributed by atoms with Gasteiger partial charge in [0.15, 0.2) is 11.5 Å². The first kappa shape index (κ1) is 15.1. The predicted molar refractivity (Wildman–Crippen MR) is 68.4 cm³/mol. The molecule has 1 amide bonds. The van der Waals surface area contributed by atoms with E-state index < -0.39 is 24.4 Å². The van der Waals surface area contributed by atoms with Crippen LogP contribution < -0.4 is 14.9 Å². The molecular formula is C13H13F3N2O3. The van der Waals surface area contributed by atoms with Crippen LogP contribution in [0.15, 0.2) is 23.3 Å². The van der Waals surface area contributed by atoms with Gasteiger partial charge in [-0.1, -0.05) is 0 Å². The maximum atomic E-state index is 12.8. The van der Waals surface area contributed by atoms with E-state index in [1.54, 1.807) is 12.1 Å². The fourth-order valence-corrected chi connectivity index (χ4v) is 1.99. The molecule has 1 atom stereocenters. The van der Waals surface area contributed by atoms with Crippen molar-refractivity contribution in [1.82, 2.24) is 5.43 Å². The highest BCUT2D eigenvalue weighted by Crippen LogP contribution is 2.34. The molecule has 1 aliphatic rings. The lowest BCUT2D eigenvalue weighted by atomic mass is 9.95. The fourth-order valence-electron chi connectivity index (χ4n) is 1.99. The van der Waals surface area contributed by atoms with Crippen molar-refractivity contribution in [3.8, 4) is 11.5 Å². The van der Waals surface area contributed by atoms with Gasteiger partial charge in [-0.05, 0) is 18.2 Å². The number of amides is 1. The molecule has 5 nitrogen and oxygen atoms in total. The second-order valence-corrected chi connectivity index (χ2v) is 4.40. The molecule has 0 saturated carbocycles. The van der Waals surface area contributed by atoms with Gasteiger partial charge in [-0.3, -0.25) is 4.79 Å². The van der Waals surface area contributed by atoms with E-state index in [9.17, 15) is 18.0 Å². The summed E-state index contributed by atoms with van der Waals surface area (Å²) < 4.78 is 48.5. The molecule has 1 aromatic carbocycles. The quantitative estimate of drug-likeness (QED) is 0.930. The number of benzene rings is 1. The number of hydrogen-bond acceptors (Lipinski definition) is 4. The van der Waals surface area contributed by atoms with Crippen molar-refractivity contribution in [2.45, 2.75) is 12.6 Å². The Morgan fingerprint density at radius 2 is 1.90 bits per heavy atom. The molecule has 0 radical (unpaired) electrons. The number of rotatable bonds is 3. The summed E-state index contributed by atoms with van der Waals surface area (Å²) in [5.74, 6) is -2.42. The summed E-state index contributed by atoms with van der Waals surface area (Å²) in [6.07, 6.45) is -5.12. The second-order valence-electron chi connectivity index (χ2n) is 4.40. The molecule has 0 fully saturated rings. The first-order chi connectivity index (χ1) is 9.86. The van der Waals surface area contributed by atoms with Gasteiger partial charge in [0.2, 0.25) is 0 Å². The van der Waals surface area contributed by atoms with Gasteiger partial charge in [-0.2, -0.15) is 18.3 Å². The number of hydrogen-bond donors (Lipinski definition) is 1. The van der Waals surface area contributed by atoms with E-state index in [4.69, 9.17) is 9.47 Å². The Labute approximate surface area is 118 Å². The first-order valence-electron chi connectivity index (χ1n) is 6.02. The van der Waals surface area contributed by atoms with Gasteiger partial charge in [-0.25, -0.2) is 5.43 Å². The van der Waals surface area contributed by atoms with Crippen molar-refractivity contribution >= 4 is 11.6 Å². The minimum Gasteiger partial charge on any atom is -0.493 e. The van der Waals surface area contributed by atoms with Crippen LogP contribution in [0.25, 0.3) is 0 Å². The number of alkyl halides is 3. The third-order valence-corrected chi connectivity index (χ3v) is 3.13. The van der Waals surface area contributed by atoms with E-state index in [1.165, 1.54) is 20.3 Å². The molecule has 0 saturated heterocycles. The Balaban J connectivity index is 2.32. The second kappa shape index (κ2) is 5.63. The van der Waals surface area contributed by atoms with Gasteiger partial charge in [0.1, 0.15) is 5.92 Å². The van der Waals surface area contributed by atoms with Crippen molar-refractivity contribution in [1.29, 1.82) is 0 Å². The van der Waals surface area contributed by atoms with Crippen molar-refractivity contribution in [3.05, 3.63) is 23.8 Å². The van der Waals surface area contributed by atoms with E-state index in [0.29, 0.717) is 17.1 Å². The number of carbonyl (C=O) groups is 1. The molecule has 1 aliphatic heterocycles. The molecule has 0 spiro atoms. The van der Waals surface area contributed by atoms with Crippen LogP contribution in [0.5, 0.6) is 11.5 Å². The molecule has 114 valence electrons. The molecule has 0 bridgehead atoms. The Bertz CT molecular complexity index is 585. The number of ether oxygens (including phenoxy) is 2. The summed E-state index contributed by atoms with van der Waals surface area (Å²) in [4.78, 5) is 11.3. The number of nitrogens with zero attached hydrogens (tertiary/aromatic N) is 1. The van der Waals surface area contributed by atoms with Crippen LogP contribution in [-0.2, 0) is 4.79 Å². The van der Waals surface area contributed by atoms with Gasteiger partial charge in [-0.15, -0.1) is 0 Å². The number of hydrazone groups is 1. The van der Waals surface area contributed by atoms with Crippen LogP contribution in [0, 0.1) is 5.92 Å². The lowest BCUT2D eigenvalue weighted by Crippen LogP contribution is -2.42.